The first-order valence-electron chi connectivity index (χ1n) is 6.56. The second kappa shape index (κ2) is 4.27. The normalized spacial score (nSPS) is 13.6. The highest BCUT2D eigenvalue weighted by atomic mass is 16.6. The molecule has 21 heavy (non-hydrogen) atoms. The van der Waals surface area contributed by atoms with Crippen LogP contribution in [-0.4, -0.2) is 26.0 Å². The van der Waals surface area contributed by atoms with E-state index in [2.05, 4.69) is 14.5 Å². The molecule has 0 aliphatic carbocycles. The molecule has 4 rings (SSSR count). The van der Waals surface area contributed by atoms with Crippen LogP contribution < -0.4 is 4.90 Å². The van der Waals surface area contributed by atoms with Gasteiger partial charge in [-0.15, -0.1) is 0 Å². The van der Waals surface area contributed by atoms with Gasteiger partial charge in [0.2, 0.25) is 0 Å². The van der Waals surface area contributed by atoms with Gasteiger partial charge in [0.15, 0.2) is 0 Å². The average Bonchev–Trinajstić information content (AvgIpc) is 3.06. The molecule has 3 heterocycles. The number of hydrogen-bond acceptors (Lipinski definition) is 5. The molecule has 7 nitrogen and oxygen atoms in total. The summed E-state index contributed by atoms with van der Waals surface area (Å²) >= 11 is 0. The predicted octanol–water partition coefficient (Wildman–Crippen LogP) is 2.49. The van der Waals surface area contributed by atoms with Crippen LogP contribution in [0.3, 0.4) is 0 Å². The lowest BCUT2D eigenvalue weighted by Gasteiger charge is -2.16. The van der Waals surface area contributed by atoms with Crippen LogP contribution in [0.5, 0.6) is 0 Å². The molecule has 3 aromatic rings. The Morgan fingerprint density at radius 2 is 2.10 bits per heavy atom. The minimum atomic E-state index is -0.347. The van der Waals surface area contributed by atoms with Crippen LogP contribution >= 0.6 is 0 Å². The van der Waals surface area contributed by atoms with Gasteiger partial charge < -0.3 is 9.47 Å². The summed E-state index contributed by atoms with van der Waals surface area (Å²) in [7, 11) is 0. The van der Waals surface area contributed by atoms with Gasteiger partial charge in [-0.05, 0) is 12.1 Å². The molecule has 7 heteroatoms. The Kier molecular flexibility index (Phi) is 2.41. The smallest absolute Gasteiger partial charge is 0.292 e. The molecular formula is C14H11N5O2. The molecule has 0 fully saturated rings. The number of hydrogen-bond donors (Lipinski definition) is 0. The van der Waals surface area contributed by atoms with Gasteiger partial charge in [0, 0.05) is 30.7 Å². The molecule has 0 saturated carbocycles. The molecule has 1 aliphatic heterocycles. The van der Waals surface area contributed by atoms with Crippen LogP contribution in [0, 0.1) is 10.1 Å². The summed E-state index contributed by atoms with van der Waals surface area (Å²) in [5, 5.41) is 12.2. The van der Waals surface area contributed by atoms with Crippen molar-refractivity contribution in [1.82, 2.24) is 14.5 Å². The zero-order valence-electron chi connectivity index (χ0n) is 11.0. The molecule has 0 N–H and O–H groups in total. The van der Waals surface area contributed by atoms with E-state index in [0.29, 0.717) is 12.2 Å². The van der Waals surface area contributed by atoms with Crippen molar-refractivity contribution in [2.24, 2.45) is 0 Å². The summed E-state index contributed by atoms with van der Waals surface area (Å²) in [6.07, 6.45) is 3.27. The Morgan fingerprint density at radius 3 is 2.95 bits per heavy atom. The van der Waals surface area contributed by atoms with Crippen LogP contribution in [0.4, 0.5) is 17.2 Å². The maximum Gasteiger partial charge on any atom is 0.292 e. The van der Waals surface area contributed by atoms with Crippen molar-refractivity contribution in [3.63, 3.8) is 0 Å². The van der Waals surface area contributed by atoms with Crippen molar-refractivity contribution >= 4 is 28.2 Å². The van der Waals surface area contributed by atoms with E-state index in [1.807, 2.05) is 17.0 Å². The standard InChI is InChI=1S/C14H11N5O2/c20-19(21)12-4-2-1-3-11(12)17-5-6-18-13(17)7-10-8-15-9-16-14(10)18/h1-4,7-9H,5-6H2. The maximum absolute atomic E-state index is 11.2. The Balaban J connectivity index is 1.89. The SMILES string of the molecule is O=[N+]([O-])c1ccccc1N1CCn2c1cc1cncnc12. The van der Waals surface area contributed by atoms with Gasteiger partial charge in [0.05, 0.1) is 4.92 Å². The second-order valence-electron chi connectivity index (χ2n) is 4.85. The molecule has 104 valence electrons. The number of aromatic nitrogens is 3. The quantitative estimate of drug-likeness (QED) is 0.532. The summed E-state index contributed by atoms with van der Waals surface area (Å²) in [6.45, 7) is 1.45. The Labute approximate surface area is 119 Å². The number of rotatable bonds is 2. The highest BCUT2D eigenvalue weighted by Crippen LogP contribution is 2.38. The first kappa shape index (κ1) is 11.8. The number of nitro benzene ring substituents is 1. The second-order valence-corrected chi connectivity index (χ2v) is 4.85. The third-order valence-electron chi connectivity index (χ3n) is 3.73. The van der Waals surface area contributed by atoms with Crippen molar-refractivity contribution in [2.75, 3.05) is 11.4 Å². The molecule has 0 radical (unpaired) electrons. The Hall–Kier alpha value is -2.96. The third-order valence-corrected chi connectivity index (χ3v) is 3.73. The molecular weight excluding hydrogens is 270 g/mol. The molecule has 0 unspecified atom stereocenters. The van der Waals surface area contributed by atoms with E-state index in [0.717, 1.165) is 23.4 Å². The maximum atomic E-state index is 11.2. The third kappa shape index (κ3) is 1.67. The van der Waals surface area contributed by atoms with Gasteiger partial charge in [-0.2, -0.15) is 0 Å². The van der Waals surface area contributed by atoms with Gasteiger partial charge >= 0.3 is 0 Å². The van der Waals surface area contributed by atoms with Gasteiger partial charge in [0.1, 0.15) is 23.5 Å². The first-order chi connectivity index (χ1) is 10.3. The van der Waals surface area contributed by atoms with Gasteiger partial charge in [0.25, 0.3) is 5.69 Å². The molecule has 0 amide bonds. The van der Waals surface area contributed by atoms with E-state index in [-0.39, 0.29) is 10.6 Å². The highest BCUT2D eigenvalue weighted by Gasteiger charge is 2.28. The summed E-state index contributed by atoms with van der Waals surface area (Å²) in [6, 6.07) is 8.77. The minimum absolute atomic E-state index is 0.113. The number of anilines is 2. The first-order valence-corrected chi connectivity index (χ1v) is 6.56. The number of nitro groups is 1. The predicted molar refractivity (Wildman–Crippen MR) is 77.6 cm³/mol. The van der Waals surface area contributed by atoms with Gasteiger partial charge in [-0.3, -0.25) is 10.1 Å². The zero-order chi connectivity index (χ0) is 14.4. The topological polar surface area (TPSA) is 77.1 Å². The zero-order valence-corrected chi connectivity index (χ0v) is 11.0. The molecule has 0 spiro atoms. The van der Waals surface area contributed by atoms with Crippen LogP contribution in [-0.2, 0) is 6.54 Å². The highest BCUT2D eigenvalue weighted by molar-refractivity contribution is 5.85. The van der Waals surface area contributed by atoms with E-state index in [1.165, 1.54) is 12.4 Å². The summed E-state index contributed by atoms with van der Waals surface area (Å²) in [5.74, 6) is 0.916. The van der Waals surface area contributed by atoms with Crippen molar-refractivity contribution in [3.8, 4) is 0 Å². The van der Waals surface area contributed by atoms with E-state index in [4.69, 9.17) is 0 Å². The molecule has 1 aliphatic rings. The summed E-state index contributed by atoms with van der Waals surface area (Å²) in [4.78, 5) is 21.1. The lowest BCUT2D eigenvalue weighted by Crippen LogP contribution is -2.14. The van der Waals surface area contributed by atoms with E-state index in [9.17, 15) is 10.1 Å². The minimum Gasteiger partial charge on any atom is -0.320 e. The van der Waals surface area contributed by atoms with Crippen molar-refractivity contribution < 1.29 is 4.92 Å². The fraction of sp³-hybridized carbons (Fsp3) is 0.143. The number of fused-ring (bicyclic) bond motifs is 3. The molecule has 2 aromatic heterocycles. The van der Waals surface area contributed by atoms with Crippen molar-refractivity contribution in [3.05, 3.63) is 53.0 Å². The lowest BCUT2D eigenvalue weighted by atomic mass is 10.2. The van der Waals surface area contributed by atoms with Crippen LogP contribution in [0.1, 0.15) is 0 Å². The monoisotopic (exact) mass is 281 g/mol. The largest absolute Gasteiger partial charge is 0.320 e. The Morgan fingerprint density at radius 1 is 1.24 bits per heavy atom. The van der Waals surface area contributed by atoms with E-state index < -0.39 is 0 Å². The van der Waals surface area contributed by atoms with Gasteiger partial charge in [-0.25, -0.2) is 9.97 Å². The summed E-state index contributed by atoms with van der Waals surface area (Å²) in [5.41, 5.74) is 1.58. The van der Waals surface area contributed by atoms with E-state index >= 15 is 0 Å². The fourth-order valence-corrected chi connectivity index (χ4v) is 2.84. The molecule has 1 aromatic carbocycles. The van der Waals surface area contributed by atoms with Crippen LogP contribution in [0.25, 0.3) is 11.0 Å². The van der Waals surface area contributed by atoms with Crippen molar-refractivity contribution in [2.45, 2.75) is 6.54 Å². The number of nitrogens with zero attached hydrogens (tertiary/aromatic N) is 5. The Bertz CT molecular complexity index is 857. The lowest BCUT2D eigenvalue weighted by molar-refractivity contribution is -0.384. The van der Waals surface area contributed by atoms with Crippen molar-refractivity contribution in [1.29, 1.82) is 0 Å². The summed E-state index contributed by atoms with van der Waals surface area (Å²) < 4.78 is 2.06. The average molecular weight is 281 g/mol. The molecule has 0 atom stereocenters. The van der Waals surface area contributed by atoms with Crippen LogP contribution in [0.2, 0.25) is 0 Å². The molecule has 0 bridgehead atoms. The number of benzene rings is 1. The molecule has 0 saturated heterocycles. The van der Waals surface area contributed by atoms with Gasteiger partial charge in [-0.1, -0.05) is 12.1 Å². The number of para-hydroxylation sites is 2. The van der Waals surface area contributed by atoms with E-state index in [1.54, 1.807) is 18.3 Å². The van der Waals surface area contributed by atoms with Crippen LogP contribution in [0.15, 0.2) is 42.9 Å². The fourth-order valence-electron chi connectivity index (χ4n) is 2.84.